The van der Waals surface area contributed by atoms with Gasteiger partial charge in [0.05, 0.1) is 16.4 Å². The number of hydrogen-bond donors (Lipinski definition) is 2. The molecule has 96 valence electrons. The summed E-state index contributed by atoms with van der Waals surface area (Å²) in [6.07, 6.45) is 5.03. The minimum atomic E-state index is -3.71. The Morgan fingerprint density at radius 1 is 1.50 bits per heavy atom. The predicted molar refractivity (Wildman–Crippen MR) is 66.7 cm³/mol. The molecule has 18 heavy (non-hydrogen) atoms. The van der Waals surface area contributed by atoms with Gasteiger partial charge in [-0.25, -0.2) is 13.1 Å². The first-order valence-electron chi connectivity index (χ1n) is 4.81. The van der Waals surface area contributed by atoms with Crippen molar-refractivity contribution >= 4 is 21.4 Å². The van der Waals surface area contributed by atoms with Crippen LogP contribution < -0.4 is 10.0 Å². The van der Waals surface area contributed by atoms with Crippen LogP contribution in [0.2, 0.25) is 0 Å². The molecular weight excluding hydrogens is 258 g/mol. The minimum absolute atomic E-state index is 0.110. The van der Waals surface area contributed by atoms with Crippen LogP contribution in [0.4, 0.5) is 11.4 Å². The van der Waals surface area contributed by atoms with Gasteiger partial charge in [-0.15, -0.1) is 6.42 Å². The number of nitro groups is 1. The molecule has 1 aromatic carbocycles. The monoisotopic (exact) mass is 269 g/mol. The minimum Gasteiger partial charge on any atom is -0.369 e. The zero-order valence-electron chi connectivity index (χ0n) is 9.50. The molecule has 0 amide bonds. The van der Waals surface area contributed by atoms with E-state index in [9.17, 15) is 18.5 Å². The number of nitrogens with zero attached hydrogens (tertiary/aromatic N) is 1. The van der Waals surface area contributed by atoms with E-state index in [0.29, 0.717) is 0 Å². The van der Waals surface area contributed by atoms with Crippen molar-refractivity contribution in [1.82, 2.24) is 4.72 Å². The summed E-state index contributed by atoms with van der Waals surface area (Å²) in [6.45, 7) is 0.110. The average Bonchev–Trinajstić information content (AvgIpc) is 2.35. The normalized spacial score (nSPS) is 10.7. The second-order valence-electron chi connectivity index (χ2n) is 3.20. The highest BCUT2D eigenvalue weighted by molar-refractivity contribution is 7.89. The van der Waals surface area contributed by atoms with Crippen LogP contribution >= 0.6 is 0 Å². The summed E-state index contributed by atoms with van der Waals surface area (Å²) in [5.74, 6) is 2.27. The third-order valence-electron chi connectivity index (χ3n) is 2.13. The molecule has 0 unspecified atom stereocenters. The fourth-order valence-electron chi connectivity index (χ4n) is 1.24. The third kappa shape index (κ3) is 2.97. The van der Waals surface area contributed by atoms with Crippen molar-refractivity contribution in [2.24, 2.45) is 0 Å². The summed E-state index contributed by atoms with van der Waals surface area (Å²) in [5, 5.41) is 13.5. The van der Waals surface area contributed by atoms with E-state index in [4.69, 9.17) is 6.42 Å². The lowest BCUT2D eigenvalue weighted by Gasteiger charge is -2.06. The fourth-order valence-corrected chi connectivity index (χ4v) is 1.99. The number of sulfonamides is 1. The van der Waals surface area contributed by atoms with E-state index in [0.717, 1.165) is 6.07 Å². The van der Waals surface area contributed by atoms with Crippen LogP contribution in [0.1, 0.15) is 0 Å². The smallest absolute Gasteiger partial charge is 0.293 e. The molecule has 0 saturated carbocycles. The van der Waals surface area contributed by atoms with E-state index in [1.807, 2.05) is 0 Å². The Balaban J connectivity index is 3.29. The average molecular weight is 269 g/mol. The van der Waals surface area contributed by atoms with E-state index in [2.05, 4.69) is 16.0 Å². The molecule has 0 aliphatic rings. The SMILES string of the molecule is C#CCNc1ccc(S(=O)(=O)NC)cc1[N+](=O)[O-]. The van der Waals surface area contributed by atoms with Gasteiger partial charge >= 0.3 is 0 Å². The number of terminal acetylenes is 1. The number of anilines is 1. The Morgan fingerprint density at radius 3 is 2.67 bits per heavy atom. The van der Waals surface area contributed by atoms with Gasteiger partial charge < -0.3 is 5.32 Å². The molecule has 0 aromatic heterocycles. The Labute approximate surface area is 104 Å². The van der Waals surface area contributed by atoms with Crippen molar-refractivity contribution in [3.8, 4) is 12.3 Å². The van der Waals surface area contributed by atoms with Crippen molar-refractivity contribution in [1.29, 1.82) is 0 Å². The molecule has 0 atom stereocenters. The zero-order chi connectivity index (χ0) is 13.8. The predicted octanol–water partition coefficient (Wildman–Crippen LogP) is 0.548. The lowest BCUT2D eigenvalue weighted by Crippen LogP contribution is -2.18. The third-order valence-corrected chi connectivity index (χ3v) is 3.54. The van der Waals surface area contributed by atoms with Crippen LogP contribution in [0.25, 0.3) is 0 Å². The Kier molecular flexibility index (Phi) is 4.25. The van der Waals surface area contributed by atoms with Gasteiger partial charge in [-0.05, 0) is 19.2 Å². The van der Waals surface area contributed by atoms with Crippen molar-refractivity contribution in [2.75, 3.05) is 18.9 Å². The molecule has 0 fully saturated rings. The quantitative estimate of drug-likeness (QED) is 0.461. The summed E-state index contributed by atoms with van der Waals surface area (Å²) >= 11 is 0. The molecule has 1 rings (SSSR count). The van der Waals surface area contributed by atoms with Crippen LogP contribution in [0.15, 0.2) is 23.1 Å². The van der Waals surface area contributed by atoms with Crippen molar-refractivity contribution in [3.05, 3.63) is 28.3 Å². The number of nitro benzene ring substituents is 1. The molecule has 0 aliphatic carbocycles. The first-order chi connectivity index (χ1) is 8.42. The Morgan fingerprint density at radius 2 is 2.17 bits per heavy atom. The Hall–Kier alpha value is -2.11. The topological polar surface area (TPSA) is 101 Å². The highest BCUT2D eigenvalue weighted by Gasteiger charge is 2.19. The molecule has 0 radical (unpaired) electrons. The van der Waals surface area contributed by atoms with Gasteiger partial charge in [-0.2, -0.15) is 0 Å². The maximum atomic E-state index is 11.5. The standard InChI is InChI=1S/C10H11N3O4S/c1-3-6-12-9-5-4-8(18(16,17)11-2)7-10(9)13(14)15/h1,4-5,7,11-12H,6H2,2H3. The lowest BCUT2D eigenvalue weighted by molar-refractivity contribution is -0.384. The fraction of sp³-hybridized carbons (Fsp3) is 0.200. The van der Waals surface area contributed by atoms with Crippen LogP contribution in [0.5, 0.6) is 0 Å². The van der Waals surface area contributed by atoms with Crippen molar-refractivity contribution in [3.63, 3.8) is 0 Å². The van der Waals surface area contributed by atoms with E-state index in [-0.39, 0.29) is 22.8 Å². The summed E-state index contributed by atoms with van der Waals surface area (Å²) in [6, 6.07) is 3.54. The second kappa shape index (κ2) is 5.48. The van der Waals surface area contributed by atoms with E-state index < -0.39 is 14.9 Å². The Bertz CT molecular complexity index is 604. The molecule has 2 N–H and O–H groups in total. The summed E-state index contributed by atoms with van der Waals surface area (Å²) < 4.78 is 25.1. The van der Waals surface area contributed by atoms with Gasteiger partial charge in [-0.1, -0.05) is 5.92 Å². The maximum absolute atomic E-state index is 11.5. The van der Waals surface area contributed by atoms with Gasteiger partial charge in [-0.3, -0.25) is 10.1 Å². The van der Waals surface area contributed by atoms with Gasteiger partial charge in [0, 0.05) is 6.07 Å². The summed E-state index contributed by atoms with van der Waals surface area (Å²) in [4.78, 5) is 10.0. The zero-order valence-corrected chi connectivity index (χ0v) is 10.3. The number of benzene rings is 1. The molecule has 0 spiro atoms. The van der Waals surface area contributed by atoms with Crippen molar-refractivity contribution in [2.45, 2.75) is 4.90 Å². The summed E-state index contributed by atoms with van der Waals surface area (Å²) in [7, 11) is -2.49. The first-order valence-corrected chi connectivity index (χ1v) is 6.30. The van der Waals surface area contributed by atoms with Crippen LogP contribution in [-0.4, -0.2) is 26.9 Å². The van der Waals surface area contributed by atoms with Crippen molar-refractivity contribution < 1.29 is 13.3 Å². The number of nitrogens with one attached hydrogen (secondary N) is 2. The van der Waals surface area contributed by atoms with Crippen LogP contribution in [-0.2, 0) is 10.0 Å². The molecule has 1 aromatic rings. The molecule has 0 saturated heterocycles. The highest BCUT2D eigenvalue weighted by atomic mass is 32.2. The molecule has 0 aliphatic heterocycles. The summed E-state index contributed by atoms with van der Waals surface area (Å²) in [5.41, 5.74) is -0.172. The van der Waals surface area contributed by atoms with Gasteiger partial charge in [0.2, 0.25) is 10.0 Å². The largest absolute Gasteiger partial charge is 0.369 e. The lowest BCUT2D eigenvalue weighted by atomic mass is 10.2. The first kappa shape index (κ1) is 14.0. The maximum Gasteiger partial charge on any atom is 0.293 e. The highest BCUT2D eigenvalue weighted by Crippen LogP contribution is 2.27. The van der Waals surface area contributed by atoms with Gasteiger partial charge in [0.25, 0.3) is 5.69 Å². The molecule has 0 bridgehead atoms. The van der Waals surface area contributed by atoms with Crippen LogP contribution in [0, 0.1) is 22.5 Å². The number of rotatable bonds is 5. The second-order valence-corrected chi connectivity index (χ2v) is 5.09. The van der Waals surface area contributed by atoms with E-state index >= 15 is 0 Å². The van der Waals surface area contributed by atoms with E-state index in [1.54, 1.807) is 0 Å². The molecular formula is C10H11N3O4S. The molecule has 0 heterocycles. The van der Waals surface area contributed by atoms with Gasteiger partial charge in [0.15, 0.2) is 0 Å². The van der Waals surface area contributed by atoms with E-state index in [1.165, 1.54) is 19.2 Å². The van der Waals surface area contributed by atoms with Crippen LogP contribution in [0.3, 0.4) is 0 Å². The molecule has 7 nitrogen and oxygen atoms in total. The molecule has 8 heteroatoms. The van der Waals surface area contributed by atoms with Gasteiger partial charge in [0.1, 0.15) is 5.69 Å². The number of hydrogen-bond acceptors (Lipinski definition) is 5.